The Balaban J connectivity index is 2.85. The smallest absolute Gasteiger partial charge is 0.305 e. The molecular formula is C9H11BrN2O2. The maximum atomic E-state index is 10.4. The molecule has 1 rings (SSSR count). The Morgan fingerprint density at radius 2 is 2.21 bits per heavy atom. The van der Waals surface area contributed by atoms with Crippen LogP contribution in [0.25, 0.3) is 0 Å². The predicted octanol–water partition coefficient (Wildman–Crippen LogP) is 1.51. The molecule has 1 aromatic carbocycles. The fraction of sp³-hybridized carbons (Fsp3) is 0.222. The third-order valence-electron chi connectivity index (χ3n) is 1.84. The van der Waals surface area contributed by atoms with Crippen molar-refractivity contribution in [1.82, 2.24) is 0 Å². The Labute approximate surface area is 90.0 Å². The Bertz CT molecular complexity index is 355. The molecule has 0 amide bonds. The second-order valence-electron chi connectivity index (χ2n) is 2.99. The first kappa shape index (κ1) is 11.0. The van der Waals surface area contributed by atoms with Gasteiger partial charge in [0, 0.05) is 16.2 Å². The Hall–Kier alpha value is -1.07. The molecule has 0 radical (unpaired) electrons. The van der Waals surface area contributed by atoms with Crippen molar-refractivity contribution in [2.45, 2.75) is 12.5 Å². The van der Waals surface area contributed by atoms with E-state index in [9.17, 15) is 4.79 Å². The first-order chi connectivity index (χ1) is 6.50. The van der Waals surface area contributed by atoms with E-state index in [-0.39, 0.29) is 6.42 Å². The number of hydrogen-bond acceptors (Lipinski definition) is 3. The third kappa shape index (κ3) is 2.71. The van der Waals surface area contributed by atoms with Crippen LogP contribution in [0.3, 0.4) is 0 Å². The van der Waals surface area contributed by atoms with E-state index < -0.39 is 12.0 Å². The molecule has 4 nitrogen and oxygen atoms in total. The summed E-state index contributed by atoms with van der Waals surface area (Å²) < 4.78 is 0.781. The zero-order valence-electron chi connectivity index (χ0n) is 7.40. The highest BCUT2D eigenvalue weighted by molar-refractivity contribution is 9.10. The summed E-state index contributed by atoms with van der Waals surface area (Å²) in [7, 11) is 0. The summed E-state index contributed by atoms with van der Waals surface area (Å²) in [5.74, 6) is -0.918. The van der Waals surface area contributed by atoms with E-state index in [1.54, 1.807) is 18.2 Å². The highest BCUT2D eigenvalue weighted by Crippen LogP contribution is 2.24. The molecule has 76 valence electrons. The van der Waals surface area contributed by atoms with Gasteiger partial charge in [-0.1, -0.05) is 6.07 Å². The van der Waals surface area contributed by atoms with E-state index in [2.05, 4.69) is 15.9 Å². The Morgan fingerprint density at radius 3 is 2.71 bits per heavy atom. The van der Waals surface area contributed by atoms with Gasteiger partial charge in [0.25, 0.3) is 0 Å². The summed E-state index contributed by atoms with van der Waals surface area (Å²) in [6, 6.07) is 4.68. The highest BCUT2D eigenvalue weighted by atomic mass is 79.9. The van der Waals surface area contributed by atoms with Gasteiger partial charge in [-0.3, -0.25) is 4.79 Å². The number of carbonyl (C=O) groups is 1. The van der Waals surface area contributed by atoms with Gasteiger partial charge in [0.15, 0.2) is 0 Å². The van der Waals surface area contributed by atoms with Gasteiger partial charge in [-0.15, -0.1) is 0 Å². The average molecular weight is 259 g/mol. The SMILES string of the molecule is Nc1cc(C(N)CC(=O)O)ccc1Br. The number of rotatable bonds is 3. The van der Waals surface area contributed by atoms with E-state index in [0.717, 1.165) is 10.0 Å². The number of hydrogen-bond donors (Lipinski definition) is 3. The van der Waals surface area contributed by atoms with Crippen molar-refractivity contribution in [3.05, 3.63) is 28.2 Å². The quantitative estimate of drug-likeness (QED) is 0.717. The molecule has 0 aromatic heterocycles. The van der Waals surface area contributed by atoms with Crippen LogP contribution in [0.5, 0.6) is 0 Å². The van der Waals surface area contributed by atoms with E-state index in [1.165, 1.54) is 0 Å². The van der Waals surface area contributed by atoms with E-state index in [0.29, 0.717) is 5.69 Å². The number of carboxylic acids is 1. The van der Waals surface area contributed by atoms with Crippen molar-refractivity contribution < 1.29 is 9.90 Å². The molecule has 0 spiro atoms. The van der Waals surface area contributed by atoms with Gasteiger partial charge in [-0.25, -0.2) is 0 Å². The molecule has 14 heavy (non-hydrogen) atoms. The Kier molecular flexibility index (Phi) is 3.49. The molecule has 1 aromatic rings. The van der Waals surface area contributed by atoms with Crippen LogP contribution < -0.4 is 11.5 Å². The topological polar surface area (TPSA) is 89.3 Å². The van der Waals surface area contributed by atoms with Crippen LogP contribution in [0.2, 0.25) is 0 Å². The molecule has 0 fully saturated rings. The number of benzene rings is 1. The van der Waals surface area contributed by atoms with Crippen molar-refractivity contribution >= 4 is 27.6 Å². The predicted molar refractivity (Wildman–Crippen MR) is 57.7 cm³/mol. The third-order valence-corrected chi connectivity index (χ3v) is 2.56. The number of carboxylic acid groups (broad SMARTS) is 1. The van der Waals surface area contributed by atoms with Crippen LogP contribution in [0, 0.1) is 0 Å². The zero-order chi connectivity index (χ0) is 10.7. The van der Waals surface area contributed by atoms with Crippen LogP contribution >= 0.6 is 15.9 Å². The standard InChI is InChI=1S/C9H11BrN2O2/c10-6-2-1-5(3-8(6)12)7(11)4-9(13)14/h1-3,7H,4,11-12H2,(H,13,14). The van der Waals surface area contributed by atoms with Crippen LogP contribution in [0.4, 0.5) is 5.69 Å². The van der Waals surface area contributed by atoms with Gasteiger partial charge in [-0.05, 0) is 33.6 Å². The first-order valence-electron chi connectivity index (χ1n) is 4.03. The number of halogens is 1. The lowest BCUT2D eigenvalue weighted by molar-refractivity contribution is -0.137. The van der Waals surface area contributed by atoms with Crippen LogP contribution in [-0.4, -0.2) is 11.1 Å². The number of nitrogens with two attached hydrogens (primary N) is 2. The Morgan fingerprint density at radius 1 is 1.57 bits per heavy atom. The van der Waals surface area contributed by atoms with Crippen molar-refractivity contribution in [3.8, 4) is 0 Å². The summed E-state index contributed by atoms with van der Waals surface area (Å²) in [6.45, 7) is 0. The van der Waals surface area contributed by atoms with Crippen molar-refractivity contribution in [1.29, 1.82) is 0 Å². The molecule has 0 saturated heterocycles. The van der Waals surface area contributed by atoms with Gasteiger partial charge >= 0.3 is 5.97 Å². The number of nitrogen functional groups attached to an aromatic ring is 1. The van der Waals surface area contributed by atoms with Crippen LogP contribution in [0.15, 0.2) is 22.7 Å². The highest BCUT2D eigenvalue weighted by Gasteiger charge is 2.11. The second kappa shape index (κ2) is 4.43. The van der Waals surface area contributed by atoms with Gasteiger partial charge in [0.2, 0.25) is 0 Å². The maximum absolute atomic E-state index is 10.4. The minimum atomic E-state index is -0.918. The molecule has 5 N–H and O–H groups in total. The molecule has 0 aliphatic rings. The van der Waals surface area contributed by atoms with Gasteiger partial charge in [-0.2, -0.15) is 0 Å². The molecule has 0 heterocycles. The summed E-state index contributed by atoms with van der Waals surface area (Å²) in [4.78, 5) is 10.4. The molecule has 0 bridgehead atoms. The second-order valence-corrected chi connectivity index (χ2v) is 3.84. The average Bonchev–Trinajstić information content (AvgIpc) is 2.08. The zero-order valence-corrected chi connectivity index (χ0v) is 8.99. The van der Waals surface area contributed by atoms with Gasteiger partial charge < -0.3 is 16.6 Å². The van der Waals surface area contributed by atoms with E-state index in [4.69, 9.17) is 16.6 Å². The van der Waals surface area contributed by atoms with E-state index in [1.807, 2.05) is 0 Å². The lowest BCUT2D eigenvalue weighted by Crippen LogP contribution is -2.15. The normalized spacial score (nSPS) is 12.4. The summed E-state index contributed by atoms with van der Waals surface area (Å²) in [5.41, 5.74) is 12.6. The molecule has 0 saturated carbocycles. The minimum Gasteiger partial charge on any atom is -0.481 e. The van der Waals surface area contributed by atoms with E-state index >= 15 is 0 Å². The fourth-order valence-electron chi connectivity index (χ4n) is 1.10. The van der Waals surface area contributed by atoms with Crippen LogP contribution in [-0.2, 0) is 4.79 Å². The molecule has 0 aliphatic heterocycles. The monoisotopic (exact) mass is 258 g/mol. The van der Waals surface area contributed by atoms with Crippen molar-refractivity contribution in [3.63, 3.8) is 0 Å². The lowest BCUT2D eigenvalue weighted by atomic mass is 10.0. The van der Waals surface area contributed by atoms with Gasteiger partial charge in [0.1, 0.15) is 0 Å². The largest absolute Gasteiger partial charge is 0.481 e. The minimum absolute atomic E-state index is 0.0962. The molecule has 1 atom stereocenters. The number of anilines is 1. The molecule has 1 unspecified atom stereocenters. The summed E-state index contributed by atoms with van der Waals surface area (Å²) in [5, 5.41) is 8.55. The summed E-state index contributed by atoms with van der Waals surface area (Å²) >= 11 is 3.25. The first-order valence-corrected chi connectivity index (χ1v) is 4.82. The number of aliphatic carboxylic acids is 1. The van der Waals surface area contributed by atoms with Crippen molar-refractivity contribution in [2.24, 2.45) is 5.73 Å². The van der Waals surface area contributed by atoms with Crippen molar-refractivity contribution in [2.75, 3.05) is 5.73 Å². The summed E-state index contributed by atoms with van der Waals surface area (Å²) in [6.07, 6.45) is -0.0962. The fourth-order valence-corrected chi connectivity index (χ4v) is 1.35. The van der Waals surface area contributed by atoms with Gasteiger partial charge in [0.05, 0.1) is 6.42 Å². The maximum Gasteiger partial charge on any atom is 0.305 e. The lowest BCUT2D eigenvalue weighted by Gasteiger charge is -2.10. The molecular weight excluding hydrogens is 248 g/mol. The molecule has 0 aliphatic carbocycles. The molecule has 5 heteroatoms. The van der Waals surface area contributed by atoms with Crippen LogP contribution in [0.1, 0.15) is 18.0 Å².